The zero-order valence-corrected chi connectivity index (χ0v) is 9.13. The second-order valence-electron chi connectivity index (χ2n) is 2.94. The van der Waals surface area contributed by atoms with Crippen LogP contribution in [0.4, 0.5) is 0 Å². The Labute approximate surface area is 87.7 Å². The van der Waals surface area contributed by atoms with Crippen LogP contribution >= 0.6 is 11.8 Å². The number of thioether (sulfide) groups is 1. The molecule has 80 valence electrons. The molecule has 1 rings (SSSR count). The van der Waals surface area contributed by atoms with Gasteiger partial charge in [-0.25, -0.2) is 0 Å². The molecule has 14 heavy (non-hydrogen) atoms. The second kappa shape index (κ2) is 6.00. The summed E-state index contributed by atoms with van der Waals surface area (Å²) in [5.41, 5.74) is 5.47. The van der Waals surface area contributed by atoms with Crippen molar-refractivity contribution in [2.45, 2.75) is 24.5 Å². The molecule has 0 saturated carbocycles. The number of aliphatic hydroxyl groups is 1. The quantitative estimate of drug-likeness (QED) is 0.522. The fourth-order valence-corrected chi connectivity index (χ4v) is 1.95. The number of aliphatic hydroxyl groups excluding tert-OH is 1. The third kappa shape index (κ3) is 2.97. The highest BCUT2D eigenvalue weighted by molar-refractivity contribution is 7.99. The number of nitrogens with zero attached hydrogens (tertiary/aromatic N) is 3. The minimum absolute atomic E-state index is 0.257. The first-order chi connectivity index (χ1) is 6.79. The van der Waals surface area contributed by atoms with Crippen LogP contribution in [0.15, 0.2) is 5.16 Å². The zero-order chi connectivity index (χ0) is 10.4. The van der Waals surface area contributed by atoms with E-state index in [9.17, 15) is 0 Å². The van der Waals surface area contributed by atoms with E-state index in [1.807, 2.05) is 11.6 Å². The average molecular weight is 216 g/mol. The molecule has 0 unspecified atom stereocenters. The lowest BCUT2D eigenvalue weighted by molar-refractivity contribution is 0.287. The average Bonchev–Trinajstić information content (AvgIpc) is 2.55. The van der Waals surface area contributed by atoms with Crippen LogP contribution in [0.25, 0.3) is 0 Å². The van der Waals surface area contributed by atoms with E-state index in [-0.39, 0.29) is 6.61 Å². The van der Waals surface area contributed by atoms with Crippen molar-refractivity contribution in [3.63, 3.8) is 0 Å². The first-order valence-electron chi connectivity index (χ1n) is 4.61. The van der Waals surface area contributed by atoms with Crippen molar-refractivity contribution in [1.82, 2.24) is 14.8 Å². The molecule has 1 aromatic heterocycles. The molecule has 0 radical (unpaired) electrons. The maximum absolute atomic E-state index is 8.60. The Bertz CT molecular complexity index is 276. The van der Waals surface area contributed by atoms with Crippen LogP contribution in [0.2, 0.25) is 0 Å². The lowest BCUT2D eigenvalue weighted by atomic mass is 10.4. The van der Waals surface area contributed by atoms with Crippen LogP contribution in [0, 0.1) is 0 Å². The lowest BCUT2D eigenvalue weighted by Crippen LogP contribution is -2.05. The molecule has 6 heteroatoms. The van der Waals surface area contributed by atoms with Crippen molar-refractivity contribution in [2.75, 3.05) is 12.4 Å². The summed E-state index contributed by atoms with van der Waals surface area (Å²) in [5.74, 6) is 1.76. The molecule has 0 amide bonds. The van der Waals surface area contributed by atoms with E-state index in [1.54, 1.807) is 11.8 Å². The minimum atomic E-state index is 0.257. The largest absolute Gasteiger partial charge is 0.396 e. The van der Waals surface area contributed by atoms with Gasteiger partial charge in [0.15, 0.2) is 5.16 Å². The number of unbranched alkanes of at least 4 members (excludes halogenated alkanes) is 1. The van der Waals surface area contributed by atoms with Crippen LogP contribution in [0.1, 0.15) is 18.7 Å². The molecular weight excluding hydrogens is 200 g/mol. The Morgan fingerprint density at radius 3 is 2.79 bits per heavy atom. The Morgan fingerprint density at radius 1 is 1.43 bits per heavy atom. The molecule has 1 aromatic rings. The van der Waals surface area contributed by atoms with Crippen LogP contribution in [0.3, 0.4) is 0 Å². The van der Waals surface area contributed by atoms with Crippen molar-refractivity contribution < 1.29 is 5.11 Å². The monoisotopic (exact) mass is 216 g/mol. The summed E-state index contributed by atoms with van der Waals surface area (Å²) in [4.78, 5) is 0. The summed E-state index contributed by atoms with van der Waals surface area (Å²) in [6.07, 6.45) is 1.83. The Morgan fingerprint density at radius 2 is 2.21 bits per heavy atom. The molecule has 0 bridgehead atoms. The third-order valence-corrected chi connectivity index (χ3v) is 3.00. The van der Waals surface area contributed by atoms with Gasteiger partial charge in [-0.1, -0.05) is 11.8 Å². The summed E-state index contributed by atoms with van der Waals surface area (Å²) in [5, 5.41) is 17.5. The first-order valence-corrected chi connectivity index (χ1v) is 5.60. The molecule has 0 aromatic carbocycles. The number of hydrogen-bond donors (Lipinski definition) is 2. The molecule has 0 aliphatic rings. The van der Waals surface area contributed by atoms with Gasteiger partial charge in [-0.15, -0.1) is 10.2 Å². The van der Waals surface area contributed by atoms with Crippen molar-refractivity contribution in [1.29, 1.82) is 0 Å². The van der Waals surface area contributed by atoms with E-state index < -0.39 is 0 Å². The van der Waals surface area contributed by atoms with E-state index in [0.29, 0.717) is 6.54 Å². The highest BCUT2D eigenvalue weighted by Crippen LogP contribution is 2.16. The lowest BCUT2D eigenvalue weighted by Gasteiger charge is -2.01. The fourth-order valence-electron chi connectivity index (χ4n) is 1.03. The molecule has 0 aliphatic carbocycles. The van der Waals surface area contributed by atoms with Gasteiger partial charge >= 0.3 is 0 Å². The summed E-state index contributed by atoms with van der Waals surface area (Å²) >= 11 is 1.65. The van der Waals surface area contributed by atoms with Gasteiger partial charge < -0.3 is 15.4 Å². The molecule has 5 nitrogen and oxygen atoms in total. The van der Waals surface area contributed by atoms with Crippen LogP contribution in [-0.2, 0) is 13.6 Å². The Balaban J connectivity index is 2.39. The van der Waals surface area contributed by atoms with Gasteiger partial charge in [0.05, 0.1) is 6.54 Å². The number of hydrogen-bond acceptors (Lipinski definition) is 5. The molecule has 0 saturated heterocycles. The topological polar surface area (TPSA) is 77.0 Å². The summed E-state index contributed by atoms with van der Waals surface area (Å²) in [6, 6.07) is 0. The number of rotatable bonds is 6. The highest BCUT2D eigenvalue weighted by Gasteiger charge is 2.06. The molecule has 0 fully saturated rings. The maximum atomic E-state index is 8.60. The maximum Gasteiger partial charge on any atom is 0.190 e. The predicted octanol–water partition coefficient (Wildman–Crippen LogP) is 0.138. The smallest absolute Gasteiger partial charge is 0.190 e. The zero-order valence-electron chi connectivity index (χ0n) is 8.31. The van der Waals surface area contributed by atoms with E-state index in [4.69, 9.17) is 10.8 Å². The van der Waals surface area contributed by atoms with Gasteiger partial charge in [-0.3, -0.25) is 0 Å². The molecule has 0 spiro atoms. The van der Waals surface area contributed by atoms with E-state index >= 15 is 0 Å². The van der Waals surface area contributed by atoms with Crippen LogP contribution in [0.5, 0.6) is 0 Å². The number of aromatic nitrogens is 3. The molecule has 3 N–H and O–H groups in total. The summed E-state index contributed by atoms with van der Waals surface area (Å²) in [7, 11) is 1.91. The predicted molar refractivity (Wildman–Crippen MR) is 55.9 cm³/mol. The highest BCUT2D eigenvalue weighted by atomic mass is 32.2. The standard InChI is InChI=1S/C8H16N4OS/c1-12-7(6-9)10-11-8(12)14-5-3-2-4-13/h13H,2-6,9H2,1H3. The van der Waals surface area contributed by atoms with Gasteiger partial charge in [0.2, 0.25) is 0 Å². The van der Waals surface area contributed by atoms with Crippen molar-refractivity contribution in [2.24, 2.45) is 12.8 Å². The summed E-state index contributed by atoms with van der Waals surface area (Å²) in [6.45, 7) is 0.675. The van der Waals surface area contributed by atoms with Gasteiger partial charge in [-0.05, 0) is 12.8 Å². The van der Waals surface area contributed by atoms with Crippen molar-refractivity contribution in [3.05, 3.63) is 5.82 Å². The Kier molecular flexibility index (Phi) is 4.92. The molecule has 1 heterocycles. The van der Waals surface area contributed by atoms with Crippen molar-refractivity contribution >= 4 is 11.8 Å². The van der Waals surface area contributed by atoms with Gasteiger partial charge in [0.25, 0.3) is 0 Å². The van der Waals surface area contributed by atoms with Crippen LogP contribution < -0.4 is 5.73 Å². The second-order valence-corrected chi connectivity index (χ2v) is 4.00. The van der Waals surface area contributed by atoms with E-state index in [2.05, 4.69) is 10.2 Å². The Hall–Kier alpha value is -0.590. The molecule has 0 atom stereocenters. The number of nitrogens with two attached hydrogens (primary N) is 1. The SMILES string of the molecule is Cn1c(CN)nnc1SCCCCO. The van der Waals surface area contributed by atoms with Gasteiger partial charge in [0.1, 0.15) is 5.82 Å². The van der Waals surface area contributed by atoms with Gasteiger partial charge in [0, 0.05) is 19.4 Å². The normalized spacial score (nSPS) is 10.8. The molecule has 0 aliphatic heterocycles. The van der Waals surface area contributed by atoms with Gasteiger partial charge in [-0.2, -0.15) is 0 Å². The first kappa shape index (κ1) is 11.5. The minimum Gasteiger partial charge on any atom is -0.396 e. The van der Waals surface area contributed by atoms with Crippen LogP contribution in [-0.4, -0.2) is 32.2 Å². The van der Waals surface area contributed by atoms with E-state index in [1.165, 1.54) is 0 Å². The van der Waals surface area contributed by atoms with Crippen molar-refractivity contribution in [3.8, 4) is 0 Å². The molecular formula is C8H16N4OS. The fraction of sp³-hybridized carbons (Fsp3) is 0.750. The third-order valence-electron chi connectivity index (χ3n) is 1.89. The van der Waals surface area contributed by atoms with E-state index in [0.717, 1.165) is 29.6 Å². The summed E-state index contributed by atoms with van der Waals surface area (Å²) < 4.78 is 1.91.